The van der Waals surface area contributed by atoms with Crippen LogP contribution in [0.1, 0.15) is 28.8 Å². The van der Waals surface area contributed by atoms with Gasteiger partial charge in [-0.1, -0.05) is 30.3 Å². The lowest BCUT2D eigenvalue weighted by molar-refractivity contribution is -0.137. The molecule has 0 aliphatic carbocycles. The van der Waals surface area contributed by atoms with Crippen molar-refractivity contribution in [2.24, 2.45) is 0 Å². The van der Waals surface area contributed by atoms with Crippen molar-refractivity contribution in [3.63, 3.8) is 0 Å². The molecule has 2 aromatic rings. The van der Waals surface area contributed by atoms with Gasteiger partial charge in [-0.15, -0.1) is 0 Å². The average molecular weight is 399 g/mol. The van der Waals surface area contributed by atoms with Gasteiger partial charge < -0.3 is 25.8 Å². The second kappa shape index (κ2) is 10.7. The van der Waals surface area contributed by atoms with Crippen molar-refractivity contribution in [1.29, 1.82) is 0 Å². The van der Waals surface area contributed by atoms with Crippen LogP contribution in [0.15, 0.2) is 48.5 Å². The van der Waals surface area contributed by atoms with Gasteiger partial charge in [0.25, 0.3) is 5.91 Å². The standard InChI is InChI=1S/C21H25N3O5/c1-22-20(27)15-8-10-18(29-2)17(13-15)24-21(28)23-16(9-11-19(25)26)12-14-6-4-3-5-7-14/h3-8,10,13,16H,9,11-12H2,1-2H3,(H,22,27)(H,25,26)(H2,23,24,28). The van der Waals surface area contributed by atoms with Gasteiger partial charge in [-0.3, -0.25) is 9.59 Å². The zero-order chi connectivity index (χ0) is 21.2. The minimum atomic E-state index is -0.926. The Morgan fingerprint density at radius 2 is 1.83 bits per heavy atom. The number of methoxy groups -OCH3 is 1. The Balaban J connectivity index is 2.12. The number of carboxylic acid groups (broad SMARTS) is 1. The first-order chi connectivity index (χ1) is 13.9. The molecule has 2 aromatic carbocycles. The molecule has 0 fully saturated rings. The molecule has 0 saturated carbocycles. The number of carboxylic acids is 1. The minimum absolute atomic E-state index is 0.0622. The van der Waals surface area contributed by atoms with E-state index in [-0.39, 0.29) is 24.8 Å². The number of rotatable bonds is 9. The maximum Gasteiger partial charge on any atom is 0.319 e. The molecular formula is C21H25N3O5. The van der Waals surface area contributed by atoms with Crippen LogP contribution < -0.4 is 20.7 Å². The summed E-state index contributed by atoms with van der Waals surface area (Å²) >= 11 is 0. The number of nitrogens with one attached hydrogen (secondary N) is 3. The number of hydrogen-bond donors (Lipinski definition) is 4. The van der Waals surface area contributed by atoms with Crippen LogP contribution in [0.2, 0.25) is 0 Å². The summed E-state index contributed by atoms with van der Waals surface area (Å²) in [6.45, 7) is 0. The van der Waals surface area contributed by atoms with E-state index in [4.69, 9.17) is 9.84 Å². The molecule has 0 aliphatic rings. The SMILES string of the molecule is CNC(=O)c1ccc(OC)c(NC(=O)NC(CCC(=O)O)Cc2ccccc2)c1. The highest BCUT2D eigenvalue weighted by Gasteiger charge is 2.17. The van der Waals surface area contributed by atoms with Gasteiger partial charge in [0.1, 0.15) is 5.75 Å². The third-order valence-electron chi connectivity index (χ3n) is 4.30. The molecular weight excluding hydrogens is 374 g/mol. The Morgan fingerprint density at radius 1 is 1.10 bits per heavy atom. The highest BCUT2D eigenvalue weighted by Crippen LogP contribution is 2.25. The molecule has 0 spiro atoms. The van der Waals surface area contributed by atoms with Crippen molar-refractivity contribution < 1.29 is 24.2 Å². The second-order valence-electron chi connectivity index (χ2n) is 6.41. The fraction of sp³-hybridized carbons (Fsp3) is 0.286. The second-order valence-corrected chi connectivity index (χ2v) is 6.41. The molecule has 1 unspecified atom stereocenters. The van der Waals surface area contributed by atoms with Crippen molar-refractivity contribution in [1.82, 2.24) is 10.6 Å². The molecule has 0 radical (unpaired) electrons. The number of amides is 3. The molecule has 0 bridgehead atoms. The third-order valence-corrected chi connectivity index (χ3v) is 4.30. The van der Waals surface area contributed by atoms with Crippen molar-refractivity contribution in [3.05, 3.63) is 59.7 Å². The molecule has 8 nitrogen and oxygen atoms in total. The van der Waals surface area contributed by atoms with Gasteiger partial charge in [-0.2, -0.15) is 0 Å². The fourth-order valence-electron chi connectivity index (χ4n) is 2.86. The predicted octanol–water partition coefficient (Wildman–Crippen LogP) is 2.65. The Morgan fingerprint density at radius 3 is 2.45 bits per heavy atom. The number of benzene rings is 2. The molecule has 0 aliphatic heterocycles. The number of urea groups is 1. The first-order valence-corrected chi connectivity index (χ1v) is 9.16. The summed E-state index contributed by atoms with van der Waals surface area (Å²) in [6, 6.07) is 13.3. The van der Waals surface area contributed by atoms with Crippen molar-refractivity contribution in [3.8, 4) is 5.75 Å². The van der Waals surface area contributed by atoms with Gasteiger partial charge in [0, 0.05) is 25.1 Å². The van der Waals surface area contributed by atoms with Crippen LogP contribution in [-0.4, -0.2) is 43.2 Å². The van der Waals surface area contributed by atoms with Crippen molar-refractivity contribution in [2.45, 2.75) is 25.3 Å². The number of carbonyl (C=O) groups excluding carboxylic acids is 2. The monoisotopic (exact) mass is 399 g/mol. The topological polar surface area (TPSA) is 117 Å². The summed E-state index contributed by atoms with van der Waals surface area (Å²) in [6.07, 6.45) is 0.720. The lowest BCUT2D eigenvalue weighted by Gasteiger charge is -2.19. The number of anilines is 1. The van der Waals surface area contributed by atoms with Crippen LogP contribution in [-0.2, 0) is 11.2 Å². The van der Waals surface area contributed by atoms with Crippen molar-refractivity contribution in [2.75, 3.05) is 19.5 Å². The van der Waals surface area contributed by atoms with Gasteiger partial charge >= 0.3 is 12.0 Å². The van der Waals surface area contributed by atoms with E-state index in [1.165, 1.54) is 20.2 Å². The molecule has 8 heteroatoms. The largest absolute Gasteiger partial charge is 0.495 e. The molecule has 0 aromatic heterocycles. The van der Waals surface area contributed by atoms with E-state index in [1.807, 2.05) is 30.3 Å². The Labute approximate surface area is 169 Å². The Kier molecular flexibility index (Phi) is 8.02. The summed E-state index contributed by atoms with van der Waals surface area (Å²) in [5.74, 6) is -0.817. The number of hydrogen-bond acceptors (Lipinski definition) is 4. The van der Waals surface area contributed by atoms with Crippen molar-refractivity contribution >= 4 is 23.6 Å². The zero-order valence-corrected chi connectivity index (χ0v) is 16.4. The van der Waals surface area contributed by atoms with Crippen LogP contribution in [0.3, 0.4) is 0 Å². The van der Waals surface area contributed by atoms with Gasteiger partial charge in [0.2, 0.25) is 0 Å². The van der Waals surface area contributed by atoms with Crippen LogP contribution in [0.25, 0.3) is 0 Å². The molecule has 154 valence electrons. The van der Waals surface area contributed by atoms with E-state index >= 15 is 0 Å². The average Bonchev–Trinajstić information content (AvgIpc) is 2.72. The van der Waals surface area contributed by atoms with E-state index in [0.717, 1.165) is 5.56 Å². The minimum Gasteiger partial charge on any atom is -0.495 e. The molecule has 2 rings (SSSR count). The highest BCUT2D eigenvalue weighted by molar-refractivity contribution is 5.98. The Bertz CT molecular complexity index is 855. The van der Waals surface area contributed by atoms with E-state index in [0.29, 0.717) is 23.4 Å². The lowest BCUT2D eigenvalue weighted by Crippen LogP contribution is -2.39. The summed E-state index contributed by atoms with van der Waals surface area (Å²) in [5, 5.41) is 17.0. The van der Waals surface area contributed by atoms with E-state index in [2.05, 4.69) is 16.0 Å². The van der Waals surface area contributed by atoms with Crippen LogP contribution in [0.5, 0.6) is 5.75 Å². The van der Waals surface area contributed by atoms with Gasteiger partial charge in [-0.25, -0.2) is 4.79 Å². The highest BCUT2D eigenvalue weighted by atomic mass is 16.5. The maximum atomic E-state index is 12.6. The third kappa shape index (κ3) is 6.84. The maximum absolute atomic E-state index is 12.6. The summed E-state index contributed by atoms with van der Waals surface area (Å²) in [4.78, 5) is 35.4. The normalized spacial score (nSPS) is 11.2. The molecule has 3 amide bonds. The summed E-state index contributed by atoms with van der Waals surface area (Å²) in [7, 11) is 2.98. The first-order valence-electron chi connectivity index (χ1n) is 9.16. The number of ether oxygens (including phenoxy) is 1. The van der Waals surface area contributed by atoms with Crippen LogP contribution in [0, 0.1) is 0 Å². The van der Waals surface area contributed by atoms with E-state index < -0.39 is 12.0 Å². The van der Waals surface area contributed by atoms with Crippen LogP contribution in [0.4, 0.5) is 10.5 Å². The summed E-state index contributed by atoms with van der Waals surface area (Å²) < 4.78 is 5.24. The fourth-order valence-corrected chi connectivity index (χ4v) is 2.86. The smallest absolute Gasteiger partial charge is 0.319 e. The molecule has 29 heavy (non-hydrogen) atoms. The Hall–Kier alpha value is -3.55. The molecule has 4 N–H and O–H groups in total. The lowest BCUT2D eigenvalue weighted by atomic mass is 10.0. The number of carbonyl (C=O) groups is 3. The first kappa shape index (κ1) is 21.7. The number of aliphatic carboxylic acids is 1. The van der Waals surface area contributed by atoms with E-state index in [1.54, 1.807) is 12.1 Å². The molecule has 0 saturated heterocycles. The zero-order valence-electron chi connectivity index (χ0n) is 16.4. The summed E-state index contributed by atoms with van der Waals surface area (Å²) in [5.41, 5.74) is 1.69. The van der Waals surface area contributed by atoms with Crippen LogP contribution >= 0.6 is 0 Å². The molecule has 0 heterocycles. The van der Waals surface area contributed by atoms with E-state index in [9.17, 15) is 14.4 Å². The van der Waals surface area contributed by atoms with Gasteiger partial charge in [-0.05, 0) is 36.6 Å². The predicted molar refractivity (Wildman–Crippen MR) is 109 cm³/mol. The quantitative estimate of drug-likeness (QED) is 0.517. The van der Waals surface area contributed by atoms with Gasteiger partial charge in [0.05, 0.1) is 12.8 Å². The molecule has 1 atom stereocenters. The van der Waals surface area contributed by atoms with Gasteiger partial charge in [0.15, 0.2) is 0 Å².